The van der Waals surface area contributed by atoms with E-state index < -0.39 is 17.0 Å². The summed E-state index contributed by atoms with van der Waals surface area (Å²) in [5, 5.41) is 18.9. The summed E-state index contributed by atoms with van der Waals surface area (Å²) in [6, 6.07) is 0. The Morgan fingerprint density at radius 1 is 1.17 bits per heavy atom. The zero-order valence-electron chi connectivity index (χ0n) is 12.0. The van der Waals surface area contributed by atoms with Crippen molar-refractivity contribution in [3.05, 3.63) is 0 Å². The number of hydrogen-bond acceptors (Lipinski definition) is 3. The van der Waals surface area contributed by atoms with Crippen LogP contribution in [0.2, 0.25) is 0 Å². The number of aliphatic hydroxyl groups is 1. The lowest BCUT2D eigenvalue weighted by Gasteiger charge is -2.31. The van der Waals surface area contributed by atoms with Crippen LogP contribution in [0.4, 0.5) is 0 Å². The Morgan fingerprint density at radius 3 is 1.89 bits per heavy atom. The summed E-state index contributed by atoms with van der Waals surface area (Å²) in [5.74, 6) is -1.18. The first-order valence-corrected chi connectivity index (χ1v) is 6.27. The van der Waals surface area contributed by atoms with Gasteiger partial charge in [-0.05, 0) is 26.7 Å². The van der Waals surface area contributed by atoms with Gasteiger partial charge in [0.15, 0.2) is 0 Å². The molecule has 5 nitrogen and oxygen atoms in total. The first-order valence-electron chi connectivity index (χ1n) is 6.27. The predicted molar refractivity (Wildman–Crippen MR) is 69.2 cm³/mol. The van der Waals surface area contributed by atoms with Gasteiger partial charge in [-0.3, -0.25) is 9.59 Å². The molecule has 0 aromatic rings. The van der Waals surface area contributed by atoms with Crippen LogP contribution in [0.15, 0.2) is 0 Å². The minimum absolute atomic E-state index is 0.0259. The monoisotopic (exact) mass is 259 g/mol. The van der Waals surface area contributed by atoms with Crippen molar-refractivity contribution in [2.45, 2.75) is 52.6 Å². The molecule has 0 bridgehead atoms. The summed E-state index contributed by atoms with van der Waals surface area (Å²) in [4.78, 5) is 24.7. The molecule has 0 aliphatic heterocycles. The van der Waals surface area contributed by atoms with Crippen molar-refractivity contribution < 1.29 is 19.8 Å². The smallest absolute Gasteiger partial charge is 0.310 e. The van der Waals surface area contributed by atoms with Crippen LogP contribution in [0.5, 0.6) is 0 Å². The number of rotatable bonds is 7. The van der Waals surface area contributed by atoms with Gasteiger partial charge in [-0.15, -0.1) is 0 Å². The number of carbonyl (C=O) groups excluding carboxylic acids is 1. The third kappa shape index (κ3) is 4.64. The number of carbonyl (C=O) groups is 2. The van der Waals surface area contributed by atoms with Crippen LogP contribution in [-0.4, -0.2) is 46.2 Å². The third-order valence-electron chi connectivity index (χ3n) is 3.35. The Labute approximate surface area is 109 Å². The van der Waals surface area contributed by atoms with E-state index in [2.05, 4.69) is 0 Å². The van der Waals surface area contributed by atoms with Gasteiger partial charge in [-0.2, -0.15) is 0 Å². The van der Waals surface area contributed by atoms with Gasteiger partial charge in [0.2, 0.25) is 5.91 Å². The van der Waals surface area contributed by atoms with E-state index in [1.54, 1.807) is 34.7 Å². The summed E-state index contributed by atoms with van der Waals surface area (Å²) in [5.41, 5.74) is -1.97. The Morgan fingerprint density at radius 2 is 1.61 bits per heavy atom. The molecule has 0 aromatic heterocycles. The van der Waals surface area contributed by atoms with Crippen LogP contribution >= 0.6 is 0 Å². The first kappa shape index (κ1) is 16.9. The number of nitrogens with zero attached hydrogens (tertiary/aromatic N) is 1. The maximum atomic E-state index is 12.0. The van der Waals surface area contributed by atoms with E-state index in [0.717, 1.165) is 0 Å². The molecular weight excluding hydrogens is 234 g/mol. The van der Waals surface area contributed by atoms with Crippen molar-refractivity contribution in [1.82, 2.24) is 4.90 Å². The number of likely N-dealkylation sites (N-methyl/N-ethyl adjacent to an activating group) is 1. The van der Waals surface area contributed by atoms with Crippen molar-refractivity contribution in [1.29, 1.82) is 0 Å². The van der Waals surface area contributed by atoms with Gasteiger partial charge in [0.1, 0.15) is 0 Å². The van der Waals surface area contributed by atoms with E-state index in [9.17, 15) is 19.8 Å². The number of carboxylic acids is 1. The molecular formula is C13H25NO4. The molecule has 0 unspecified atom stereocenters. The predicted octanol–water partition coefficient (Wildman–Crippen LogP) is 1.50. The fourth-order valence-corrected chi connectivity index (χ4v) is 1.97. The highest BCUT2D eigenvalue weighted by Crippen LogP contribution is 2.31. The molecule has 18 heavy (non-hydrogen) atoms. The topological polar surface area (TPSA) is 77.8 Å². The second kappa shape index (κ2) is 6.18. The molecule has 0 saturated heterocycles. The molecule has 0 atom stereocenters. The average molecular weight is 259 g/mol. The molecule has 0 fully saturated rings. The van der Waals surface area contributed by atoms with Crippen LogP contribution in [0, 0.1) is 5.41 Å². The van der Waals surface area contributed by atoms with Crippen molar-refractivity contribution in [3.8, 4) is 0 Å². The SMILES string of the molecule is CCC(CC)(CC(=O)N(C)CC(C)(C)O)C(=O)O. The zero-order chi connectivity index (χ0) is 14.6. The van der Waals surface area contributed by atoms with Crippen molar-refractivity contribution in [2.24, 2.45) is 5.41 Å². The summed E-state index contributed by atoms with van der Waals surface area (Å²) >= 11 is 0. The molecule has 2 N–H and O–H groups in total. The maximum Gasteiger partial charge on any atom is 0.310 e. The lowest BCUT2D eigenvalue weighted by atomic mass is 9.79. The Balaban J connectivity index is 4.76. The van der Waals surface area contributed by atoms with E-state index in [-0.39, 0.29) is 18.9 Å². The molecule has 0 aliphatic carbocycles. The minimum Gasteiger partial charge on any atom is -0.481 e. The Kier molecular flexibility index (Phi) is 5.80. The second-order valence-corrected chi connectivity index (χ2v) is 5.53. The first-order chi connectivity index (χ1) is 8.08. The highest BCUT2D eigenvalue weighted by Gasteiger charge is 2.38. The summed E-state index contributed by atoms with van der Waals surface area (Å²) in [7, 11) is 1.58. The molecule has 0 heterocycles. The van der Waals surface area contributed by atoms with Gasteiger partial charge in [0.05, 0.1) is 11.0 Å². The minimum atomic E-state index is -0.995. The number of amides is 1. The number of aliphatic carboxylic acids is 1. The fraction of sp³-hybridized carbons (Fsp3) is 0.846. The summed E-state index contributed by atoms with van der Waals surface area (Å²) in [6.07, 6.45) is 0.809. The van der Waals surface area contributed by atoms with Gasteiger partial charge < -0.3 is 15.1 Å². The van der Waals surface area contributed by atoms with Crippen LogP contribution in [-0.2, 0) is 9.59 Å². The van der Waals surface area contributed by atoms with Gasteiger partial charge in [0.25, 0.3) is 0 Å². The molecule has 0 radical (unpaired) electrons. The van der Waals surface area contributed by atoms with Crippen molar-refractivity contribution in [2.75, 3.05) is 13.6 Å². The van der Waals surface area contributed by atoms with Crippen molar-refractivity contribution in [3.63, 3.8) is 0 Å². The highest BCUT2D eigenvalue weighted by atomic mass is 16.4. The lowest BCUT2D eigenvalue weighted by Crippen LogP contribution is -2.43. The molecule has 1 amide bonds. The van der Waals surface area contributed by atoms with Crippen LogP contribution in [0.25, 0.3) is 0 Å². The third-order valence-corrected chi connectivity index (χ3v) is 3.35. The van der Waals surface area contributed by atoms with E-state index >= 15 is 0 Å². The van der Waals surface area contributed by atoms with E-state index in [0.29, 0.717) is 12.8 Å². The standard InChI is InChI=1S/C13H25NO4/c1-6-13(7-2,11(16)17)8-10(15)14(5)9-12(3,4)18/h18H,6-9H2,1-5H3,(H,16,17). The van der Waals surface area contributed by atoms with Crippen LogP contribution in [0.3, 0.4) is 0 Å². The summed E-state index contributed by atoms with van der Waals surface area (Å²) in [6.45, 7) is 6.97. The molecule has 0 spiro atoms. The largest absolute Gasteiger partial charge is 0.481 e. The summed E-state index contributed by atoms with van der Waals surface area (Å²) < 4.78 is 0. The fourth-order valence-electron chi connectivity index (χ4n) is 1.97. The van der Waals surface area contributed by atoms with Gasteiger partial charge in [-0.1, -0.05) is 13.8 Å². The molecule has 106 valence electrons. The normalized spacial score (nSPS) is 12.3. The quantitative estimate of drug-likeness (QED) is 0.726. The van der Waals surface area contributed by atoms with E-state index in [1.165, 1.54) is 4.90 Å². The van der Waals surface area contributed by atoms with Crippen molar-refractivity contribution >= 4 is 11.9 Å². The second-order valence-electron chi connectivity index (χ2n) is 5.53. The van der Waals surface area contributed by atoms with E-state index in [1.807, 2.05) is 0 Å². The average Bonchev–Trinajstić information content (AvgIpc) is 2.22. The lowest BCUT2D eigenvalue weighted by molar-refractivity contribution is -0.154. The van der Waals surface area contributed by atoms with Crippen LogP contribution < -0.4 is 0 Å². The Hall–Kier alpha value is -1.10. The molecule has 5 heteroatoms. The number of hydrogen-bond donors (Lipinski definition) is 2. The zero-order valence-corrected chi connectivity index (χ0v) is 12.0. The highest BCUT2D eigenvalue weighted by molar-refractivity contribution is 5.84. The molecule has 0 saturated carbocycles. The van der Waals surface area contributed by atoms with Gasteiger partial charge in [-0.25, -0.2) is 0 Å². The number of carboxylic acid groups (broad SMARTS) is 1. The van der Waals surface area contributed by atoms with Crippen LogP contribution in [0.1, 0.15) is 47.0 Å². The molecule has 0 rings (SSSR count). The Bertz CT molecular complexity index is 303. The van der Waals surface area contributed by atoms with Gasteiger partial charge in [0, 0.05) is 20.0 Å². The molecule has 0 aliphatic rings. The molecule has 0 aromatic carbocycles. The van der Waals surface area contributed by atoms with Gasteiger partial charge >= 0.3 is 5.97 Å². The maximum absolute atomic E-state index is 12.0. The van der Waals surface area contributed by atoms with E-state index in [4.69, 9.17) is 0 Å².